The Morgan fingerprint density at radius 3 is 2.68 bits per heavy atom. The van der Waals surface area contributed by atoms with E-state index >= 15 is 0 Å². The molecule has 0 aromatic heterocycles. The number of fused-ring (bicyclic) bond motifs is 1. The van der Waals surface area contributed by atoms with Gasteiger partial charge in [0, 0.05) is 17.8 Å². The van der Waals surface area contributed by atoms with Gasteiger partial charge in [-0.1, -0.05) is 49.8 Å². The fourth-order valence-electron chi connectivity index (χ4n) is 6.76. The van der Waals surface area contributed by atoms with Gasteiger partial charge < -0.3 is 19.6 Å². The van der Waals surface area contributed by atoms with Crippen LogP contribution >= 0.6 is 11.8 Å². The van der Waals surface area contributed by atoms with E-state index < -0.39 is 28.7 Å². The molecule has 1 spiro atoms. The van der Waals surface area contributed by atoms with E-state index in [1.165, 1.54) is 0 Å². The highest BCUT2D eigenvalue weighted by atomic mass is 32.2. The molecule has 0 radical (unpaired) electrons. The number of rotatable bonds is 12. The van der Waals surface area contributed by atoms with Crippen LogP contribution in [0.4, 0.5) is 0 Å². The third kappa shape index (κ3) is 4.83. The van der Waals surface area contributed by atoms with Crippen LogP contribution in [-0.4, -0.2) is 80.6 Å². The Hall–Kier alpha value is -2.32. The molecule has 8 heteroatoms. The molecular weight excluding hydrogens is 488 g/mol. The maximum Gasteiger partial charge on any atom is 0.310 e. The minimum atomic E-state index is -0.750. The quantitative estimate of drug-likeness (QED) is 0.330. The summed E-state index contributed by atoms with van der Waals surface area (Å²) in [6, 6.07) is 8.38. The summed E-state index contributed by atoms with van der Waals surface area (Å²) in [4.78, 5) is 45.3. The average molecular weight is 529 g/mol. The van der Waals surface area contributed by atoms with E-state index in [0.717, 1.165) is 24.8 Å². The molecule has 3 unspecified atom stereocenters. The van der Waals surface area contributed by atoms with E-state index in [4.69, 9.17) is 4.74 Å². The van der Waals surface area contributed by atoms with Crippen LogP contribution in [0.25, 0.3) is 0 Å². The molecule has 3 aliphatic rings. The van der Waals surface area contributed by atoms with Crippen LogP contribution in [0.3, 0.4) is 0 Å². The second-order valence-corrected chi connectivity index (χ2v) is 12.1. The van der Waals surface area contributed by atoms with Crippen LogP contribution in [0.1, 0.15) is 52.0 Å². The minimum absolute atomic E-state index is 0.0194. The zero-order valence-corrected chi connectivity index (χ0v) is 23.0. The third-order valence-electron chi connectivity index (χ3n) is 8.30. The second kappa shape index (κ2) is 11.6. The van der Waals surface area contributed by atoms with Crippen molar-refractivity contribution in [2.45, 2.75) is 81.0 Å². The summed E-state index contributed by atoms with van der Waals surface area (Å²) in [5, 5.41) is 10.5. The van der Waals surface area contributed by atoms with Crippen LogP contribution in [0, 0.1) is 11.8 Å². The van der Waals surface area contributed by atoms with E-state index in [0.29, 0.717) is 19.4 Å². The fraction of sp³-hybridized carbons (Fsp3) is 0.621. The number of carbonyl (C=O) groups excluding carboxylic acids is 3. The highest BCUT2D eigenvalue weighted by molar-refractivity contribution is 8.02. The first kappa shape index (κ1) is 27.7. The van der Waals surface area contributed by atoms with Gasteiger partial charge in [-0.25, -0.2) is 0 Å². The van der Waals surface area contributed by atoms with Gasteiger partial charge in [-0.3, -0.25) is 14.4 Å². The lowest BCUT2D eigenvalue weighted by Crippen LogP contribution is -2.59. The van der Waals surface area contributed by atoms with Crippen LogP contribution in [-0.2, 0) is 25.5 Å². The molecule has 0 aliphatic carbocycles. The predicted molar refractivity (Wildman–Crippen MR) is 145 cm³/mol. The topological polar surface area (TPSA) is 87.2 Å². The molecule has 1 aromatic rings. The molecule has 202 valence electrons. The van der Waals surface area contributed by atoms with E-state index in [9.17, 15) is 19.5 Å². The first-order chi connectivity index (χ1) is 17.8. The molecule has 2 bridgehead atoms. The summed E-state index contributed by atoms with van der Waals surface area (Å²) in [6.07, 6.45) is 5.39. The molecule has 3 aliphatic heterocycles. The van der Waals surface area contributed by atoms with Crippen molar-refractivity contribution in [2.75, 3.05) is 19.8 Å². The minimum Gasteiger partial charge on any atom is -0.466 e. The van der Waals surface area contributed by atoms with Gasteiger partial charge >= 0.3 is 5.97 Å². The normalized spacial score (nSPS) is 29.6. The molecular formula is C29H40N2O5S. The van der Waals surface area contributed by atoms with Gasteiger partial charge in [-0.15, -0.1) is 18.3 Å². The Morgan fingerprint density at radius 2 is 2.05 bits per heavy atom. The summed E-state index contributed by atoms with van der Waals surface area (Å²) in [6.45, 7) is 10.1. The molecule has 7 atom stereocenters. The van der Waals surface area contributed by atoms with Crippen LogP contribution in [0.2, 0.25) is 0 Å². The highest BCUT2D eigenvalue weighted by Crippen LogP contribution is 2.67. The second-order valence-electron chi connectivity index (χ2n) is 10.5. The Labute approximate surface area is 224 Å². The van der Waals surface area contributed by atoms with Crippen molar-refractivity contribution in [3.63, 3.8) is 0 Å². The SMILES string of the molecule is C=CCN(C(=O)C1N([C@@H](CO)Cc2ccccc2)C(=O)[C@@H]2[C@@H](C(=O)OCC)[C@H]3CCC12S3)C(C)CCC. The first-order valence-electron chi connectivity index (χ1n) is 13.6. The number of carbonyl (C=O) groups is 3. The van der Waals surface area contributed by atoms with Gasteiger partial charge in [-0.05, 0) is 45.1 Å². The number of thioether (sulfide) groups is 1. The molecule has 3 heterocycles. The van der Waals surface area contributed by atoms with E-state index in [-0.39, 0.29) is 42.3 Å². The third-order valence-corrected chi connectivity index (χ3v) is 10.2. The van der Waals surface area contributed by atoms with Gasteiger partial charge in [0.15, 0.2) is 0 Å². The predicted octanol–water partition coefficient (Wildman–Crippen LogP) is 3.45. The zero-order valence-electron chi connectivity index (χ0n) is 22.2. The lowest BCUT2D eigenvalue weighted by molar-refractivity contribution is -0.154. The summed E-state index contributed by atoms with van der Waals surface area (Å²) in [5.74, 6) is -1.85. The molecule has 0 saturated carbocycles. The number of hydrogen-bond acceptors (Lipinski definition) is 6. The lowest BCUT2D eigenvalue weighted by atomic mass is 9.71. The number of likely N-dealkylation sites (tertiary alicyclic amines) is 1. The molecule has 2 amide bonds. The fourth-order valence-corrected chi connectivity index (χ4v) is 8.95. The monoisotopic (exact) mass is 528 g/mol. The molecule has 37 heavy (non-hydrogen) atoms. The van der Waals surface area contributed by atoms with E-state index in [1.54, 1.807) is 29.7 Å². The molecule has 4 rings (SSSR count). The van der Waals surface area contributed by atoms with Gasteiger partial charge in [0.05, 0.1) is 35.8 Å². The summed E-state index contributed by atoms with van der Waals surface area (Å²) in [7, 11) is 0. The molecule has 3 saturated heterocycles. The number of benzene rings is 1. The van der Waals surface area contributed by atoms with Crippen molar-refractivity contribution in [3.05, 3.63) is 48.6 Å². The highest BCUT2D eigenvalue weighted by Gasteiger charge is 2.74. The number of ether oxygens (including phenoxy) is 1. The van der Waals surface area contributed by atoms with Crippen molar-refractivity contribution < 1.29 is 24.2 Å². The van der Waals surface area contributed by atoms with Crippen molar-refractivity contribution in [2.24, 2.45) is 11.8 Å². The van der Waals surface area contributed by atoms with Gasteiger partial charge in [0.1, 0.15) is 6.04 Å². The van der Waals surface area contributed by atoms with Crippen LogP contribution in [0.15, 0.2) is 43.0 Å². The van der Waals surface area contributed by atoms with Crippen molar-refractivity contribution >= 4 is 29.5 Å². The maximum absolute atomic E-state index is 14.5. The van der Waals surface area contributed by atoms with Crippen molar-refractivity contribution in [1.29, 1.82) is 0 Å². The molecule has 3 fully saturated rings. The zero-order chi connectivity index (χ0) is 26.7. The average Bonchev–Trinajstić information content (AvgIpc) is 3.54. The Bertz CT molecular complexity index is 1000. The van der Waals surface area contributed by atoms with Gasteiger partial charge in [-0.2, -0.15) is 0 Å². The number of hydrogen-bond donors (Lipinski definition) is 1. The number of aliphatic hydroxyl groups excluding tert-OH is 1. The largest absolute Gasteiger partial charge is 0.466 e. The van der Waals surface area contributed by atoms with Crippen molar-refractivity contribution in [3.8, 4) is 0 Å². The molecule has 1 N–H and O–H groups in total. The van der Waals surface area contributed by atoms with Crippen LogP contribution < -0.4 is 0 Å². The van der Waals surface area contributed by atoms with Gasteiger partial charge in [0.25, 0.3) is 0 Å². The number of esters is 1. The van der Waals surface area contributed by atoms with E-state index in [1.807, 2.05) is 42.2 Å². The van der Waals surface area contributed by atoms with Gasteiger partial charge in [0.2, 0.25) is 11.8 Å². The lowest BCUT2D eigenvalue weighted by Gasteiger charge is -2.41. The summed E-state index contributed by atoms with van der Waals surface area (Å²) in [5.41, 5.74) is 0.983. The number of nitrogens with zero attached hydrogens (tertiary/aromatic N) is 2. The maximum atomic E-state index is 14.5. The Kier molecular flexibility index (Phi) is 8.69. The van der Waals surface area contributed by atoms with Crippen LogP contribution in [0.5, 0.6) is 0 Å². The Morgan fingerprint density at radius 1 is 1.32 bits per heavy atom. The molecule has 7 nitrogen and oxygen atoms in total. The molecule has 1 aromatic carbocycles. The Balaban J connectivity index is 1.78. The summed E-state index contributed by atoms with van der Waals surface area (Å²) >= 11 is 1.63. The standard InChI is InChI=1S/C29H40N2O5S/c1-5-11-19(4)30(16-6-2)27(34)25-29-15-14-22(37-29)23(28(35)36-7-3)24(29)26(33)31(25)21(18-32)17-20-12-9-8-10-13-20/h6,8-10,12-13,19,21-25,32H,2,5,7,11,14-18H2,1,3-4H3/t19?,21-,22-,23+,24+,25?,29?/m1/s1. The summed E-state index contributed by atoms with van der Waals surface area (Å²) < 4.78 is 4.72. The number of aliphatic hydroxyl groups is 1. The smallest absolute Gasteiger partial charge is 0.310 e. The number of amides is 2. The van der Waals surface area contributed by atoms with Crippen molar-refractivity contribution in [1.82, 2.24) is 9.80 Å². The first-order valence-corrected chi connectivity index (χ1v) is 14.4. The van der Waals surface area contributed by atoms with E-state index in [2.05, 4.69) is 13.5 Å².